The van der Waals surface area contributed by atoms with Gasteiger partial charge in [0, 0.05) is 36.0 Å². The van der Waals surface area contributed by atoms with Crippen LogP contribution in [0.4, 0.5) is 11.4 Å². The van der Waals surface area contributed by atoms with Gasteiger partial charge in [-0.2, -0.15) is 0 Å². The Labute approximate surface area is 165 Å². The van der Waals surface area contributed by atoms with E-state index in [0.29, 0.717) is 17.0 Å². The Bertz CT molecular complexity index is 864. The third kappa shape index (κ3) is 4.32. The van der Waals surface area contributed by atoms with Gasteiger partial charge in [0.15, 0.2) is 0 Å². The first-order valence-electron chi connectivity index (χ1n) is 9.76. The first-order valence-corrected chi connectivity index (χ1v) is 9.76. The molecule has 2 aromatic carbocycles. The number of hydrogen-bond acceptors (Lipinski definition) is 4. The summed E-state index contributed by atoms with van der Waals surface area (Å²) in [4.78, 5) is 25.7. The number of nitro groups is 1. The Kier molecular flexibility index (Phi) is 5.97. The lowest BCUT2D eigenvalue weighted by Crippen LogP contribution is -2.34. The number of nitro benzene ring substituents is 1. The highest BCUT2D eigenvalue weighted by atomic mass is 16.6. The van der Waals surface area contributed by atoms with Crippen molar-refractivity contribution < 1.29 is 9.72 Å². The number of benzene rings is 2. The molecule has 0 saturated carbocycles. The Morgan fingerprint density at radius 3 is 2.61 bits per heavy atom. The number of nitrogens with one attached hydrogen (secondary N) is 1. The fraction of sp³-hybridized carbons (Fsp3) is 0.409. The van der Waals surface area contributed by atoms with E-state index in [1.807, 2.05) is 19.1 Å². The number of hydrogen-bond donors (Lipinski definition) is 1. The molecule has 1 heterocycles. The van der Waals surface area contributed by atoms with Crippen LogP contribution in [0.2, 0.25) is 0 Å². The van der Waals surface area contributed by atoms with E-state index in [1.165, 1.54) is 24.6 Å². The summed E-state index contributed by atoms with van der Waals surface area (Å²) in [6, 6.07) is 12.7. The molecule has 0 bridgehead atoms. The predicted octanol–water partition coefficient (Wildman–Crippen LogP) is 4.63. The number of carbonyl (C=O) groups excluding carboxylic acids is 1. The summed E-state index contributed by atoms with van der Waals surface area (Å²) < 4.78 is 0. The lowest BCUT2D eigenvalue weighted by Gasteiger charge is -2.33. The second-order valence-electron chi connectivity index (χ2n) is 7.69. The van der Waals surface area contributed by atoms with Crippen LogP contribution in [0, 0.1) is 23.0 Å². The van der Waals surface area contributed by atoms with Crippen molar-refractivity contribution in [3.8, 4) is 0 Å². The van der Waals surface area contributed by atoms with E-state index in [-0.39, 0.29) is 17.6 Å². The van der Waals surface area contributed by atoms with Crippen LogP contribution >= 0.6 is 0 Å². The van der Waals surface area contributed by atoms with E-state index in [1.54, 1.807) is 19.1 Å². The molecule has 0 unspecified atom stereocenters. The highest BCUT2D eigenvalue weighted by Crippen LogP contribution is 2.25. The highest BCUT2D eigenvalue weighted by molar-refractivity contribution is 5.96. The summed E-state index contributed by atoms with van der Waals surface area (Å²) in [6.07, 6.45) is 2.51. The predicted molar refractivity (Wildman–Crippen MR) is 111 cm³/mol. The quantitative estimate of drug-likeness (QED) is 0.605. The second-order valence-corrected chi connectivity index (χ2v) is 7.69. The van der Waals surface area contributed by atoms with E-state index in [0.717, 1.165) is 18.7 Å². The van der Waals surface area contributed by atoms with Crippen molar-refractivity contribution >= 4 is 17.3 Å². The molecular weight excluding hydrogens is 354 g/mol. The third-order valence-electron chi connectivity index (χ3n) is 5.51. The van der Waals surface area contributed by atoms with Gasteiger partial charge < -0.3 is 10.2 Å². The van der Waals surface area contributed by atoms with Crippen LogP contribution in [0.5, 0.6) is 0 Å². The maximum Gasteiger partial charge on any atom is 0.273 e. The zero-order chi connectivity index (χ0) is 20.3. The monoisotopic (exact) mass is 381 g/mol. The zero-order valence-electron chi connectivity index (χ0n) is 16.6. The van der Waals surface area contributed by atoms with Crippen molar-refractivity contribution in [2.24, 2.45) is 5.92 Å². The Morgan fingerprint density at radius 2 is 1.96 bits per heavy atom. The summed E-state index contributed by atoms with van der Waals surface area (Å²) >= 11 is 0. The molecule has 2 atom stereocenters. The van der Waals surface area contributed by atoms with Crippen LogP contribution in [-0.4, -0.2) is 23.9 Å². The van der Waals surface area contributed by atoms with Gasteiger partial charge >= 0.3 is 0 Å². The normalized spacial score (nSPS) is 17.8. The van der Waals surface area contributed by atoms with Gasteiger partial charge in [-0.1, -0.05) is 25.1 Å². The van der Waals surface area contributed by atoms with Gasteiger partial charge in [0.1, 0.15) is 0 Å². The fourth-order valence-corrected chi connectivity index (χ4v) is 3.82. The number of amides is 1. The van der Waals surface area contributed by atoms with E-state index >= 15 is 0 Å². The molecule has 1 saturated heterocycles. The standard InChI is InChI=1S/C22H27N3O3/c1-15-6-5-13-24(14-15)19-11-9-18(10-12-19)17(3)23-22(26)20-7-4-8-21(16(20)2)25(27)28/h4,7-12,15,17H,5-6,13-14H2,1-3H3,(H,23,26)/t15-,17+/m0/s1. The topological polar surface area (TPSA) is 75.5 Å². The third-order valence-corrected chi connectivity index (χ3v) is 5.51. The van der Waals surface area contributed by atoms with Crippen LogP contribution < -0.4 is 10.2 Å². The van der Waals surface area contributed by atoms with E-state index in [4.69, 9.17) is 0 Å². The molecule has 0 aromatic heterocycles. The van der Waals surface area contributed by atoms with Crippen LogP contribution in [0.25, 0.3) is 0 Å². The summed E-state index contributed by atoms with van der Waals surface area (Å²) in [5, 5.41) is 14.0. The van der Waals surface area contributed by atoms with Crippen molar-refractivity contribution in [1.82, 2.24) is 5.32 Å². The summed E-state index contributed by atoms with van der Waals surface area (Å²) in [7, 11) is 0. The molecule has 1 aliphatic rings. The molecule has 0 spiro atoms. The van der Waals surface area contributed by atoms with E-state index in [9.17, 15) is 14.9 Å². The van der Waals surface area contributed by atoms with Crippen LogP contribution in [0.1, 0.15) is 54.2 Å². The van der Waals surface area contributed by atoms with Crippen LogP contribution in [0.15, 0.2) is 42.5 Å². The zero-order valence-corrected chi connectivity index (χ0v) is 16.6. The van der Waals surface area contributed by atoms with Crippen molar-refractivity contribution in [3.05, 3.63) is 69.3 Å². The van der Waals surface area contributed by atoms with Crippen molar-refractivity contribution in [2.75, 3.05) is 18.0 Å². The molecule has 148 valence electrons. The van der Waals surface area contributed by atoms with Crippen molar-refractivity contribution in [2.45, 2.75) is 39.7 Å². The minimum absolute atomic E-state index is 0.0413. The van der Waals surface area contributed by atoms with Gasteiger partial charge in [0.05, 0.1) is 11.0 Å². The van der Waals surface area contributed by atoms with Gasteiger partial charge in [-0.05, 0) is 56.4 Å². The summed E-state index contributed by atoms with van der Waals surface area (Å²) in [5.74, 6) is 0.410. The first kappa shape index (κ1) is 19.9. The number of carbonyl (C=O) groups is 1. The fourth-order valence-electron chi connectivity index (χ4n) is 3.82. The number of rotatable bonds is 5. The molecule has 28 heavy (non-hydrogen) atoms. The van der Waals surface area contributed by atoms with E-state index < -0.39 is 4.92 Å². The molecule has 1 amide bonds. The molecule has 1 aliphatic heterocycles. The SMILES string of the molecule is Cc1c(C(=O)N[C@H](C)c2ccc(N3CCC[C@H](C)C3)cc2)cccc1[N+](=O)[O-]. The molecule has 6 nitrogen and oxygen atoms in total. The first-order chi connectivity index (χ1) is 13.4. The van der Waals surface area contributed by atoms with Crippen molar-refractivity contribution in [3.63, 3.8) is 0 Å². The van der Waals surface area contributed by atoms with Crippen LogP contribution in [-0.2, 0) is 0 Å². The minimum Gasteiger partial charge on any atom is -0.371 e. The molecule has 1 N–H and O–H groups in total. The number of anilines is 1. The second kappa shape index (κ2) is 8.42. The van der Waals surface area contributed by atoms with Gasteiger partial charge in [-0.25, -0.2) is 0 Å². The average molecular weight is 381 g/mol. The highest BCUT2D eigenvalue weighted by Gasteiger charge is 2.20. The van der Waals surface area contributed by atoms with Gasteiger partial charge in [0.25, 0.3) is 11.6 Å². The van der Waals surface area contributed by atoms with Gasteiger partial charge in [-0.3, -0.25) is 14.9 Å². The molecule has 0 radical (unpaired) electrons. The maximum absolute atomic E-state index is 12.6. The molecule has 6 heteroatoms. The Hall–Kier alpha value is -2.89. The Morgan fingerprint density at radius 1 is 1.25 bits per heavy atom. The number of nitrogens with zero attached hydrogens (tertiary/aromatic N) is 2. The Balaban J connectivity index is 1.69. The molecule has 1 fully saturated rings. The van der Waals surface area contributed by atoms with Gasteiger partial charge in [-0.15, -0.1) is 0 Å². The lowest BCUT2D eigenvalue weighted by atomic mass is 9.99. The summed E-state index contributed by atoms with van der Waals surface area (Å²) in [6.45, 7) is 7.97. The average Bonchev–Trinajstić information content (AvgIpc) is 2.68. The number of piperidine rings is 1. The molecular formula is C22H27N3O3. The minimum atomic E-state index is -0.463. The smallest absolute Gasteiger partial charge is 0.273 e. The van der Waals surface area contributed by atoms with Gasteiger partial charge in [0.2, 0.25) is 0 Å². The largest absolute Gasteiger partial charge is 0.371 e. The summed E-state index contributed by atoms with van der Waals surface area (Å²) in [5.41, 5.74) is 2.89. The molecule has 2 aromatic rings. The lowest BCUT2D eigenvalue weighted by molar-refractivity contribution is -0.385. The van der Waals surface area contributed by atoms with Crippen LogP contribution in [0.3, 0.4) is 0 Å². The molecule has 3 rings (SSSR count). The van der Waals surface area contributed by atoms with Crippen molar-refractivity contribution in [1.29, 1.82) is 0 Å². The van der Waals surface area contributed by atoms with E-state index in [2.05, 4.69) is 29.3 Å². The maximum atomic E-state index is 12.6. The molecule has 0 aliphatic carbocycles.